The molecule has 0 atom stereocenters. The van der Waals surface area contributed by atoms with Gasteiger partial charge in [0.05, 0.1) is 98.6 Å². The topological polar surface area (TPSA) is 73.8 Å². The Kier molecular flexibility index (Phi) is 18.6. The molecule has 0 bridgehead atoms. The van der Waals surface area contributed by atoms with Crippen LogP contribution in [0.2, 0.25) is 0 Å². The van der Waals surface area contributed by atoms with Crippen molar-refractivity contribution in [2.75, 3.05) is 92.5 Å². The van der Waals surface area contributed by atoms with E-state index in [1.165, 1.54) is 0 Å². The van der Waals surface area contributed by atoms with Crippen LogP contribution in [0.15, 0.2) is 91.0 Å². The summed E-state index contributed by atoms with van der Waals surface area (Å²) in [5.41, 5.74) is 2.48. The highest BCUT2D eigenvalue weighted by Crippen LogP contribution is 2.40. The third kappa shape index (κ3) is 13.5. The van der Waals surface area contributed by atoms with Crippen LogP contribution in [-0.4, -0.2) is 98.6 Å². The molecule has 0 saturated carbocycles. The maximum atomic E-state index is 6.72. The second-order valence-corrected chi connectivity index (χ2v) is 10.2. The van der Waals surface area contributed by atoms with Crippen molar-refractivity contribution in [1.29, 1.82) is 0 Å². The fourth-order valence-electron chi connectivity index (χ4n) is 4.57. The smallest absolute Gasteiger partial charge is 0.143 e. The van der Waals surface area contributed by atoms with Gasteiger partial charge in [-0.2, -0.15) is 0 Å². The maximum Gasteiger partial charge on any atom is 0.143 e. The van der Waals surface area contributed by atoms with Gasteiger partial charge in [-0.05, 0) is 30.5 Å². The van der Waals surface area contributed by atoms with Gasteiger partial charge < -0.3 is 37.9 Å². The molecule has 0 spiro atoms. The minimum Gasteiger partial charge on any atom is -0.377 e. The summed E-state index contributed by atoms with van der Waals surface area (Å²) in [4.78, 5) is 0. The molecule has 8 nitrogen and oxygen atoms in total. The molecule has 0 aromatic heterocycles. The molecule has 242 valence electrons. The highest BCUT2D eigenvalue weighted by atomic mass is 16.6. The molecular formula is C36H50O8. The molecule has 0 N–H and O–H groups in total. The fraction of sp³-hybridized carbons (Fsp3) is 0.500. The summed E-state index contributed by atoms with van der Waals surface area (Å²) in [6.07, 6.45) is 0.231. The first-order valence-corrected chi connectivity index (χ1v) is 15.6. The van der Waals surface area contributed by atoms with Crippen molar-refractivity contribution in [3.8, 4) is 0 Å². The number of benzene rings is 3. The van der Waals surface area contributed by atoms with Crippen LogP contribution in [0.5, 0.6) is 0 Å². The lowest BCUT2D eigenvalue weighted by atomic mass is 9.80. The van der Waals surface area contributed by atoms with Crippen molar-refractivity contribution in [2.45, 2.75) is 25.6 Å². The predicted octanol–water partition coefficient (Wildman–Crippen LogP) is 5.52. The van der Waals surface area contributed by atoms with Crippen LogP contribution in [0.1, 0.15) is 30.5 Å². The number of hydrogen-bond acceptors (Lipinski definition) is 8. The van der Waals surface area contributed by atoms with Crippen LogP contribution in [0.25, 0.3) is 0 Å². The highest BCUT2D eigenvalue weighted by molar-refractivity contribution is 5.47. The van der Waals surface area contributed by atoms with Crippen molar-refractivity contribution in [3.05, 3.63) is 108 Å². The largest absolute Gasteiger partial charge is 0.377 e. The summed E-state index contributed by atoms with van der Waals surface area (Å²) in [7, 11) is 0. The van der Waals surface area contributed by atoms with E-state index in [0.717, 1.165) is 16.7 Å². The standard InChI is InChI=1S/C36H50O8/c1-32(2)43-30-28-41-26-24-39-22-20-37-18-19-38-21-23-40-25-27-42-29-31-44-36(33-12-6-3-7-13-33,34-14-8-4-9-15-34)35-16-10-5-11-17-35/h3-17,32H,18-31H2,1-2H3. The zero-order valence-electron chi connectivity index (χ0n) is 26.4. The zero-order chi connectivity index (χ0) is 31.0. The summed E-state index contributed by atoms with van der Waals surface area (Å²) in [5, 5.41) is 0. The molecule has 0 aliphatic heterocycles. The van der Waals surface area contributed by atoms with E-state index in [1.54, 1.807) is 0 Å². The quantitative estimate of drug-likeness (QED) is 0.0870. The first-order chi connectivity index (χ1) is 21.7. The molecule has 8 heteroatoms. The Morgan fingerprint density at radius 3 is 0.955 bits per heavy atom. The molecule has 0 unspecified atom stereocenters. The van der Waals surface area contributed by atoms with Gasteiger partial charge in [-0.25, -0.2) is 0 Å². The molecule has 0 heterocycles. The lowest BCUT2D eigenvalue weighted by Crippen LogP contribution is -2.34. The molecule has 44 heavy (non-hydrogen) atoms. The van der Waals surface area contributed by atoms with Crippen molar-refractivity contribution < 1.29 is 37.9 Å². The molecular weight excluding hydrogens is 560 g/mol. The lowest BCUT2D eigenvalue weighted by molar-refractivity contribution is -0.0399. The van der Waals surface area contributed by atoms with Crippen LogP contribution in [0.3, 0.4) is 0 Å². The Bertz CT molecular complexity index is 969. The average molecular weight is 611 g/mol. The van der Waals surface area contributed by atoms with E-state index in [0.29, 0.717) is 92.5 Å². The van der Waals surface area contributed by atoms with E-state index in [4.69, 9.17) is 37.9 Å². The summed E-state index contributed by atoms with van der Waals surface area (Å²) >= 11 is 0. The Morgan fingerprint density at radius 1 is 0.386 bits per heavy atom. The second-order valence-electron chi connectivity index (χ2n) is 10.2. The van der Waals surface area contributed by atoms with Gasteiger partial charge in [0.15, 0.2) is 0 Å². The lowest BCUT2D eigenvalue weighted by Gasteiger charge is -2.36. The monoisotopic (exact) mass is 610 g/mol. The minimum absolute atomic E-state index is 0.231. The molecule has 0 radical (unpaired) electrons. The van der Waals surface area contributed by atoms with Gasteiger partial charge in [0.25, 0.3) is 0 Å². The van der Waals surface area contributed by atoms with Crippen molar-refractivity contribution in [2.24, 2.45) is 0 Å². The number of hydrogen-bond donors (Lipinski definition) is 0. The van der Waals surface area contributed by atoms with Gasteiger partial charge in [-0.3, -0.25) is 0 Å². The van der Waals surface area contributed by atoms with Gasteiger partial charge in [-0.15, -0.1) is 0 Å². The summed E-state index contributed by atoms with van der Waals surface area (Å²) in [6.45, 7) is 11.3. The Morgan fingerprint density at radius 2 is 0.659 bits per heavy atom. The minimum atomic E-state index is -0.741. The third-order valence-corrected chi connectivity index (χ3v) is 6.63. The SMILES string of the molecule is CC(C)OCCOCCOCCOCCOCCOCCOCCOC(c1ccccc1)(c1ccccc1)c1ccccc1. The fourth-order valence-corrected chi connectivity index (χ4v) is 4.57. The molecule has 0 fully saturated rings. The summed E-state index contributed by atoms with van der Waals surface area (Å²) in [5.74, 6) is 0. The van der Waals surface area contributed by atoms with Crippen molar-refractivity contribution >= 4 is 0 Å². The molecule has 0 saturated heterocycles. The zero-order valence-corrected chi connectivity index (χ0v) is 26.4. The van der Waals surface area contributed by atoms with E-state index in [-0.39, 0.29) is 6.10 Å². The van der Waals surface area contributed by atoms with E-state index in [2.05, 4.69) is 36.4 Å². The maximum absolute atomic E-state index is 6.72. The average Bonchev–Trinajstić information content (AvgIpc) is 3.06. The predicted molar refractivity (Wildman–Crippen MR) is 171 cm³/mol. The van der Waals surface area contributed by atoms with Crippen LogP contribution in [0, 0.1) is 0 Å². The van der Waals surface area contributed by atoms with Gasteiger partial charge in [0.1, 0.15) is 5.60 Å². The van der Waals surface area contributed by atoms with Crippen LogP contribution >= 0.6 is 0 Å². The van der Waals surface area contributed by atoms with Gasteiger partial charge >= 0.3 is 0 Å². The third-order valence-electron chi connectivity index (χ3n) is 6.63. The molecule has 3 rings (SSSR count). The Labute approximate surface area is 263 Å². The number of rotatable bonds is 26. The molecule has 0 aliphatic carbocycles. The van der Waals surface area contributed by atoms with Gasteiger partial charge in [-0.1, -0.05) is 91.0 Å². The van der Waals surface area contributed by atoms with Crippen molar-refractivity contribution in [1.82, 2.24) is 0 Å². The van der Waals surface area contributed by atoms with E-state index in [9.17, 15) is 0 Å². The molecule has 3 aromatic carbocycles. The highest BCUT2D eigenvalue weighted by Gasteiger charge is 2.37. The Hall–Kier alpha value is -2.66. The number of ether oxygens (including phenoxy) is 8. The Balaban J connectivity index is 1.22. The second kappa shape index (κ2) is 22.8. The summed E-state index contributed by atoms with van der Waals surface area (Å²) in [6, 6.07) is 31.0. The molecule has 0 aliphatic rings. The van der Waals surface area contributed by atoms with Crippen molar-refractivity contribution in [3.63, 3.8) is 0 Å². The molecule has 3 aromatic rings. The summed E-state index contributed by atoms with van der Waals surface area (Å²) < 4.78 is 45.6. The van der Waals surface area contributed by atoms with Crippen LogP contribution < -0.4 is 0 Å². The first-order valence-electron chi connectivity index (χ1n) is 15.6. The first kappa shape index (κ1) is 35.8. The van der Waals surface area contributed by atoms with Crippen LogP contribution in [0.4, 0.5) is 0 Å². The molecule has 0 amide bonds. The normalized spacial score (nSPS) is 11.8. The van der Waals surface area contributed by atoms with E-state index >= 15 is 0 Å². The van der Waals surface area contributed by atoms with E-state index in [1.807, 2.05) is 68.4 Å². The van der Waals surface area contributed by atoms with Gasteiger partial charge in [0.2, 0.25) is 0 Å². The van der Waals surface area contributed by atoms with E-state index < -0.39 is 5.60 Å². The van der Waals surface area contributed by atoms with Gasteiger partial charge in [0, 0.05) is 0 Å². The van der Waals surface area contributed by atoms with Crippen LogP contribution in [-0.2, 0) is 43.5 Å².